The first-order valence-electron chi connectivity index (χ1n) is 6.85. The van der Waals surface area contributed by atoms with E-state index in [0.717, 1.165) is 6.54 Å². The first-order chi connectivity index (χ1) is 8.33. The lowest BCUT2D eigenvalue weighted by atomic mass is 9.77. The molecule has 0 unspecified atom stereocenters. The number of rotatable bonds is 4. The SMILES string of the molecule is CC(C)(C)OC=O.CC1(CCCN)CCNCC1. The van der Waals surface area contributed by atoms with Crippen molar-refractivity contribution in [3.8, 4) is 0 Å². The molecule has 108 valence electrons. The van der Waals surface area contributed by atoms with Gasteiger partial charge in [0.05, 0.1) is 0 Å². The van der Waals surface area contributed by atoms with Crippen molar-refractivity contribution in [3.63, 3.8) is 0 Å². The van der Waals surface area contributed by atoms with Gasteiger partial charge in [0.1, 0.15) is 5.60 Å². The van der Waals surface area contributed by atoms with Gasteiger partial charge in [0.15, 0.2) is 0 Å². The van der Waals surface area contributed by atoms with Crippen molar-refractivity contribution in [1.82, 2.24) is 5.32 Å². The van der Waals surface area contributed by atoms with E-state index in [4.69, 9.17) is 5.73 Å². The Morgan fingerprint density at radius 1 is 1.33 bits per heavy atom. The highest BCUT2D eigenvalue weighted by molar-refractivity contribution is 5.37. The standard InChI is InChI=1S/C9H20N2.C5H10O2/c1-9(3-2-6-10)4-7-11-8-5-9;1-5(2,3)7-4-6/h11H,2-8,10H2,1H3;4H,1-3H3. The van der Waals surface area contributed by atoms with Gasteiger partial charge in [-0.25, -0.2) is 0 Å². The average Bonchev–Trinajstić information content (AvgIpc) is 2.27. The molecular formula is C14H30N2O2. The third-order valence-corrected chi connectivity index (χ3v) is 3.20. The van der Waals surface area contributed by atoms with Gasteiger partial charge in [-0.05, 0) is 71.5 Å². The van der Waals surface area contributed by atoms with Gasteiger partial charge >= 0.3 is 0 Å². The van der Waals surface area contributed by atoms with E-state index in [-0.39, 0.29) is 5.60 Å². The maximum atomic E-state index is 9.60. The molecule has 0 bridgehead atoms. The minimum atomic E-state index is -0.318. The minimum absolute atomic E-state index is 0.318. The second kappa shape index (κ2) is 8.48. The number of ether oxygens (including phenoxy) is 1. The van der Waals surface area contributed by atoms with Gasteiger partial charge in [0.25, 0.3) is 6.47 Å². The zero-order valence-electron chi connectivity index (χ0n) is 12.4. The van der Waals surface area contributed by atoms with E-state index in [9.17, 15) is 4.79 Å². The minimum Gasteiger partial charge on any atom is -0.462 e. The van der Waals surface area contributed by atoms with Crippen molar-refractivity contribution in [2.75, 3.05) is 19.6 Å². The summed E-state index contributed by atoms with van der Waals surface area (Å²) in [5, 5.41) is 3.39. The predicted octanol–water partition coefficient (Wildman–Crippen LogP) is 2.07. The van der Waals surface area contributed by atoms with E-state index in [0.29, 0.717) is 11.9 Å². The highest BCUT2D eigenvalue weighted by Gasteiger charge is 2.25. The smallest absolute Gasteiger partial charge is 0.293 e. The van der Waals surface area contributed by atoms with Gasteiger partial charge in [-0.3, -0.25) is 4.79 Å². The zero-order valence-corrected chi connectivity index (χ0v) is 12.4. The van der Waals surface area contributed by atoms with E-state index in [1.807, 2.05) is 20.8 Å². The van der Waals surface area contributed by atoms with Crippen LogP contribution >= 0.6 is 0 Å². The van der Waals surface area contributed by atoms with Gasteiger partial charge < -0.3 is 15.8 Å². The third kappa shape index (κ3) is 9.42. The molecule has 4 heteroatoms. The van der Waals surface area contributed by atoms with E-state index in [1.54, 1.807) is 0 Å². The Bertz CT molecular complexity index is 218. The molecule has 1 aliphatic rings. The van der Waals surface area contributed by atoms with Crippen LogP contribution in [-0.4, -0.2) is 31.7 Å². The van der Waals surface area contributed by atoms with Crippen molar-refractivity contribution in [3.05, 3.63) is 0 Å². The Hall–Kier alpha value is -0.610. The first kappa shape index (κ1) is 17.4. The average molecular weight is 258 g/mol. The first-order valence-corrected chi connectivity index (χ1v) is 6.85. The summed E-state index contributed by atoms with van der Waals surface area (Å²) in [6.07, 6.45) is 5.15. The highest BCUT2D eigenvalue weighted by Crippen LogP contribution is 2.32. The largest absolute Gasteiger partial charge is 0.462 e. The molecule has 1 rings (SSSR count). The lowest BCUT2D eigenvalue weighted by Gasteiger charge is -2.34. The number of piperidine rings is 1. The summed E-state index contributed by atoms with van der Waals surface area (Å²) in [5.74, 6) is 0. The van der Waals surface area contributed by atoms with Crippen molar-refractivity contribution >= 4 is 6.47 Å². The Kier molecular flexibility index (Phi) is 8.20. The highest BCUT2D eigenvalue weighted by atomic mass is 16.5. The summed E-state index contributed by atoms with van der Waals surface area (Å²) in [6.45, 7) is 11.6. The molecule has 0 aromatic heterocycles. The fourth-order valence-corrected chi connectivity index (χ4v) is 1.95. The molecule has 1 heterocycles. The number of carbonyl (C=O) groups excluding carboxylic acids is 1. The number of carbonyl (C=O) groups is 1. The Morgan fingerprint density at radius 2 is 1.89 bits per heavy atom. The van der Waals surface area contributed by atoms with E-state index in [1.165, 1.54) is 38.8 Å². The fraction of sp³-hybridized carbons (Fsp3) is 0.929. The molecule has 3 N–H and O–H groups in total. The number of nitrogens with one attached hydrogen (secondary N) is 1. The quantitative estimate of drug-likeness (QED) is 0.758. The summed E-state index contributed by atoms with van der Waals surface area (Å²) >= 11 is 0. The molecule has 0 amide bonds. The molecular weight excluding hydrogens is 228 g/mol. The molecule has 0 spiro atoms. The van der Waals surface area contributed by atoms with Crippen LogP contribution < -0.4 is 11.1 Å². The van der Waals surface area contributed by atoms with Crippen LogP contribution in [0.3, 0.4) is 0 Å². The van der Waals surface area contributed by atoms with Gasteiger partial charge in [-0.15, -0.1) is 0 Å². The molecule has 0 atom stereocenters. The molecule has 1 saturated heterocycles. The van der Waals surface area contributed by atoms with Gasteiger partial charge in [-0.2, -0.15) is 0 Å². The Labute approximate surface area is 112 Å². The van der Waals surface area contributed by atoms with Crippen LogP contribution in [0.25, 0.3) is 0 Å². The molecule has 0 aliphatic carbocycles. The zero-order chi connectivity index (χ0) is 14.1. The van der Waals surface area contributed by atoms with Crippen LogP contribution in [0.1, 0.15) is 53.4 Å². The Morgan fingerprint density at radius 3 is 2.22 bits per heavy atom. The fourth-order valence-electron chi connectivity index (χ4n) is 1.95. The van der Waals surface area contributed by atoms with Crippen LogP contribution in [0.15, 0.2) is 0 Å². The second-order valence-corrected chi connectivity index (χ2v) is 6.28. The van der Waals surface area contributed by atoms with Crippen molar-refractivity contribution in [1.29, 1.82) is 0 Å². The molecule has 0 radical (unpaired) electrons. The molecule has 0 saturated carbocycles. The monoisotopic (exact) mass is 258 g/mol. The van der Waals surface area contributed by atoms with Crippen molar-refractivity contribution in [2.24, 2.45) is 11.1 Å². The lowest BCUT2D eigenvalue weighted by molar-refractivity contribution is -0.138. The molecule has 4 nitrogen and oxygen atoms in total. The van der Waals surface area contributed by atoms with Crippen LogP contribution in [-0.2, 0) is 9.53 Å². The molecule has 1 fully saturated rings. The lowest BCUT2D eigenvalue weighted by Crippen LogP contribution is -2.34. The molecule has 0 aromatic rings. The summed E-state index contributed by atoms with van der Waals surface area (Å²) in [6, 6.07) is 0. The van der Waals surface area contributed by atoms with Crippen LogP contribution in [0.2, 0.25) is 0 Å². The maximum absolute atomic E-state index is 9.60. The second-order valence-electron chi connectivity index (χ2n) is 6.28. The summed E-state index contributed by atoms with van der Waals surface area (Å²) < 4.78 is 4.55. The van der Waals surface area contributed by atoms with Gasteiger partial charge in [0, 0.05) is 0 Å². The molecule has 0 aromatic carbocycles. The van der Waals surface area contributed by atoms with Crippen LogP contribution in [0.5, 0.6) is 0 Å². The van der Waals surface area contributed by atoms with Crippen LogP contribution in [0.4, 0.5) is 0 Å². The summed E-state index contributed by atoms with van der Waals surface area (Å²) in [7, 11) is 0. The third-order valence-electron chi connectivity index (χ3n) is 3.20. The van der Waals surface area contributed by atoms with E-state index in [2.05, 4.69) is 17.0 Å². The van der Waals surface area contributed by atoms with E-state index >= 15 is 0 Å². The predicted molar refractivity (Wildman–Crippen MR) is 75.4 cm³/mol. The molecule has 18 heavy (non-hydrogen) atoms. The normalized spacial score (nSPS) is 18.5. The molecule has 1 aliphatic heterocycles. The topological polar surface area (TPSA) is 64.3 Å². The summed E-state index contributed by atoms with van der Waals surface area (Å²) in [4.78, 5) is 9.60. The van der Waals surface area contributed by atoms with Gasteiger partial charge in [0.2, 0.25) is 0 Å². The van der Waals surface area contributed by atoms with Crippen molar-refractivity contribution < 1.29 is 9.53 Å². The number of hydrogen-bond donors (Lipinski definition) is 2. The van der Waals surface area contributed by atoms with Gasteiger partial charge in [-0.1, -0.05) is 6.92 Å². The van der Waals surface area contributed by atoms with Crippen LogP contribution in [0, 0.1) is 5.41 Å². The maximum Gasteiger partial charge on any atom is 0.293 e. The van der Waals surface area contributed by atoms with E-state index < -0.39 is 0 Å². The summed E-state index contributed by atoms with van der Waals surface area (Å²) in [5.41, 5.74) is 5.76. The number of hydrogen-bond acceptors (Lipinski definition) is 4. The number of nitrogens with two attached hydrogens (primary N) is 1. The Balaban J connectivity index is 0.000000360. The van der Waals surface area contributed by atoms with Crippen molar-refractivity contribution in [2.45, 2.75) is 59.0 Å².